The molecule has 0 aromatic rings. The van der Waals surface area contributed by atoms with Crippen molar-refractivity contribution >= 4 is 5.91 Å². The third-order valence-electron chi connectivity index (χ3n) is 3.48. The minimum Gasteiger partial charge on any atom is -0.381 e. The van der Waals surface area contributed by atoms with Gasteiger partial charge in [-0.2, -0.15) is 0 Å². The lowest BCUT2D eigenvalue weighted by Gasteiger charge is -2.38. The van der Waals surface area contributed by atoms with Crippen LogP contribution in [0.3, 0.4) is 0 Å². The molecule has 0 aliphatic carbocycles. The quantitative estimate of drug-likeness (QED) is 0.714. The number of carbonyl (C=O) groups excluding carboxylic acids is 1. The van der Waals surface area contributed by atoms with E-state index >= 15 is 0 Å². The molecule has 0 atom stereocenters. The molecule has 0 bridgehead atoms. The monoisotopic (exact) mass is 228 g/mol. The summed E-state index contributed by atoms with van der Waals surface area (Å²) < 4.78 is 5.19. The predicted octanol–water partition coefficient (Wildman–Crippen LogP) is 1.00. The second-order valence-electron chi connectivity index (χ2n) is 4.84. The number of amides is 1. The van der Waals surface area contributed by atoms with Crippen molar-refractivity contribution in [2.24, 2.45) is 11.1 Å². The molecule has 0 spiro atoms. The SMILES string of the molecule is CCOCCC(=O)N1CCC(C)(CN)CC1. The van der Waals surface area contributed by atoms with Gasteiger partial charge in [-0.3, -0.25) is 4.79 Å². The van der Waals surface area contributed by atoms with Crippen molar-refractivity contribution in [1.29, 1.82) is 0 Å². The van der Waals surface area contributed by atoms with Crippen LogP contribution < -0.4 is 5.73 Å². The van der Waals surface area contributed by atoms with Gasteiger partial charge in [-0.1, -0.05) is 6.92 Å². The Balaban J connectivity index is 2.27. The van der Waals surface area contributed by atoms with E-state index in [1.807, 2.05) is 11.8 Å². The first kappa shape index (κ1) is 13.5. The highest BCUT2D eigenvalue weighted by Crippen LogP contribution is 2.29. The fourth-order valence-electron chi connectivity index (χ4n) is 1.96. The van der Waals surface area contributed by atoms with E-state index in [4.69, 9.17) is 10.5 Å². The van der Waals surface area contributed by atoms with Crippen LogP contribution in [0.5, 0.6) is 0 Å². The summed E-state index contributed by atoms with van der Waals surface area (Å²) in [6, 6.07) is 0. The molecule has 2 N–H and O–H groups in total. The molecule has 1 amide bonds. The maximum Gasteiger partial charge on any atom is 0.224 e. The molecule has 4 nitrogen and oxygen atoms in total. The lowest BCUT2D eigenvalue weighted by atomic mass is 9.80. The molecule has 1 heterocycles. The topological polar surface area (TPSA) is 55.6 Å². The zero-order chi connectivity index (χ0) is 12.0. The van der Waals surface area contributed by atoms with Crippen molar-refractivity contribution in [1.82, 2.24) is 4.90 Å². The van der Waals surface area contributed by atoms with Gasteiger partial charge in [-0.05, 0) is 31.7 Å². The average Bonchev–Trinajstić information content (AvgIpc) is 2.30. The minimum atomic E-state index is 0.215. The molecule has 94 valence electrons. The van der Waals surface area contributed by atoms with Crippen LogP contribution in [0, 0.1) is 5.41 Å². The van der Waals surface area contributed by atoms with Crippen molar-refractivity contribution in [2.45, 2.75) is 33.1 Å². The molecular weight excluding hydrogens is 204 g/mol. The van der Waals surface area contributed by atoms with Crippen LogP contribution in [0.25, 0.3) is 0 Å². The standard InChI is InChI=1S/C12H24N2O2/c1-3-16-9-4-11(15)14-7-5-12(2,10-13)6-8-14/h3-10,13H2,1-2H3. The van der Waals surface area contributed by atoms with Crippen molar-refractivity contribution in [3.63, 3.8) is 0 Å². The van der Waals surface area contributed by atoms with E-state index < -0.39 is 0 Å². The summed E-state index contributed by atoms with van der Waals surface area (Å²) in [7, 11) is 0. The molecule has 1 aliphatic heterocycles. The maximum absolute atomic E-state index is 11.8. The molecule has 1 rings (SSSR count). The van der Waals surface area contributed by atoms with Gasteiger partial charge >= 0.3 is 0 Å². The highest BCUT2D eigenvalue weighted by molar-refractivity contribution is 5.76. The lowest BCUT2D eigenvalue weighted by molar-refractivity contribution is -0.134. The number of piperidine rings is 1. The van der Waals surface area contributed by atoms with Gasteiger partial charge in [-0.25, -0.2) is 0 Å². The van der Waals surface area contributed by atoms with Crippen LogP contribution in [0.4, 0.5) is 0 Å². The van der Waals surface area contributed by atoms with Crippen LogP contribution >= 0.6 is 0 Å². The Bertz CT molecular complexity index is 223. The highest BCUT2D eigenvalue weighted by atomic mass is 16.5. The summed E-state index contributed by atoms with van der Waals surface area (Å²) in [6.07, 6.45) is 2.54. The summed E-state index contributed by atoms with van der Waals surface area (Å²) in [6.45, 7) is 7.77. The number of hydrogen-bond donors (Lipinski definition) is 1. The van der Waals surface area contributed by atoms with E-state index in [-0.39, 0.29) is 11.3 Å². The van der Waals surface area contributed by atoms with Gasteiger partial charge in [-0.15, -0.1) is 0 Å². The van der Waals surface area contributed by atoms with Crippen LogP contribution in [0.15, 0.2) is 0 Å². The van der Waals surface area contributed by atoms with Crippen molar-refractivity contribution in [2.75, 3.05) is 32.8 Å². The minimum absolute atomic E-state index is 0.215. The van der Waals surface area contributed by atoms with Crippen LogP contribution in [-0.2, 0) is 9.53 Å². The smallest absolute Gasteiger partial charge is 0.224 e. The van der Waals surface area contributed by atoms with Crippen molar-refractivity contribution in [3.05, 3.63) is 0 Å². The molecule has 1 fully saturated rings. The van der Waals surface area contributed by atoms with Gasteiger partial charge in [0, 0.05) is 19.7 Å². The number of ether oxygens (including phenoxy) is 1. The molecule has 4 heteroatoms. The Morgan fingerprint density at radius 2 is 2.06 bits per heavy atom. The number of nitrogens with zero attached hydrogens (tertiary/aromatic N) is 1. The van der Waals surface area contributed by atoms with Crippen molar-refractivity contribution < 1.29 is 9.53 Å². The first-order chi connectivity index (χ1) is 7.61. The zero-order valence-corrected chi connectivity index (χ0v) is 10.5. The van der Waals surface area contributed by atoms with Crippen LogP contribution in [0.1, 0.15) is 33.1 Å². The van der Waals surface area contributed by atoms with Gasteiger partial charge < -0.3 is 15.4 Å². The summed E-state index contributed by atoms with van der Waals surface area (Å²) in [5.74, 6) is 0.215. The Morgan fingerprint density at radius 1 is 1.44 bits per heavy atom. The van der Waals surface area contributed by atoms with Crippen LogP contribution in [0.2, 0.25) is 0 Å². The van der Waals surface area contributed by atoms with Crippen LogP contribution in [-0.4, -0.2) is 43.7 Å². The summed E-state index contributed by atoms with van der Waals surface area (Å²) >= 11 is 0. The summed E-state index contributed by atoms with van der Waals surface area (Å²) in [5, 5.41) is 0. The molecular formula is C12H24N2O2. The molecule has 1 aliphatic rings. The maximum atomic E-state index is 11.8. The third-order valence-corrected chi connectivity index (χ3v) is 3.48. The molecule has 1 saturated heterocycles. The number of nitrogens with two attached hydrogens (primary N) is 1. The summed E-state index contributed by atoms with van der Waals surface area (Å²) in [4.78, 5) is 13.7. The predicted molar refractivity (Wildman–Crippen MR) is 64.1 cm³/mol. The molecule has 0 aromatic heterocycles. The molecule has 0 unspecified atom stereocenters. The molecule has 0 aromatic carbocycles. The second kappa shape index (κ2) is 6.21. The van der Waals surface area contributed by atoms with E-state index in [1.165, 1.54) is 0 Å². The van der Waals surface area contributed by atoms with Crippen molar-refractivity contribution in [3.8, 4) is 0 Å². The number of likely N-dealkylation sites (tertiary alicyclic amines) is 1. The largest absolute Gasteiger partial charge is 0.381 e. The highest BCUT2D eigenvalue weighted by Gasteiger charge is 2.30. The normalized spacial score (nSPS) is 19.8. The Kier molecular flexibility index (Phi) is 5.22. The van der Waals surface area contributed by atoms with Gasteiger partial charge in [0.25, 0.3) is 0 Å². The molecule has 16 heavy (non-hydrogen) atoms. The van der Waals surface area contributed by atoms with E-state index in [0.29, 0.717) is 26.2 Å². The second-order valence-corrected chi connectivity index (χ2v) is 4.84. The van der Waals surface area contributed by atoms with E-state index in [2.05, 4.69) is 6.92 Å². The number of carbonyl (C=O) groups is 1. The van der Waals surface area contributed by atoms with Gasteiger partial charge in [0.2, 0.25) is 5.91 Å². The zero-order valence-electron chi connectivity index (χ0n) is 10.5. The Hall–Kier alpha value is -0.610. The molecule has 0 saturated carbocycles. The lowest BCUT2D eigenvalue weighted by Crippen LogP contribution is -2.44. The van der Waals surface area contributed by atoms with E-state index in [1.54, 1.807) is 0 Å². The van der Waals surface area contributed by atoms with Gasteiger partial charge in [0.1, 0.15) is 0 Å². The Morgan fingerprint density at radius 3 is 2.56 bits per heavy atom. The summed E-state index contributed by atoms with van der Waals surface area (Å²) in [5.41, 5.74) is 5.97. The molecule has 0 radical (unpaired) electrons. The van der Waals surface area contributed by atoms with E-state index in [9.17, 15) is 4.79 Å². The average molecular weight is 228 g/mol. The third kappa shape index (κ3) is 3.76. The number of hydrogen-bond acceptors (Lipinski definition) is 3. The fraction of sp³-hybridized carbons (Fsp3) is 0.917. The van der Waals surface area contributed by atoms with Gasteiger partial charge in [0.05, 0.1) is 13.0 Å². The fourth-order valence-corrected chi connectivity index (χ4v) is 1.96. The first-order valence-corrected chi connectivity index (χ1v) is 6.17. The van der Waals surface area contributed by atoms with E-state index in [0.717, 1.165) is 25.9 Å². The number of rotatable bonds is 5. The Labute approximate surface area is 98.1 Å². The first-order valence-electron chi connectivity index (χ1n) is 6.17. The van der Waals surface area contributed by atoms with Gasteiger partial charge in [0.15, 0.2) is 0 Å².